The van der Waals surface area contributed by atoms with Crippen molar-refractivity contribution in [3.05, 3.63) is 71.8 Å². The molecule has 2 fully saturated rings. The van der Waals surface area contributed by atoms with Crippen LogP contribution in [0.15, 0.2) is 60.7 Å². The van der Waals surface area contributed by atoms with E-state index in [1.54, 1.807) is 0 Å². The SMILES string of the molecule is CN(C)S(=O)(=O)NC(=O)[C@@H]1[C@H]2CC[C@@H](CN1C(=O)C(c1ccccc1)c1ccccc1)N2C(=O)O. The van der Waals surface area contributed by atoms with Gasteiger partial charge in [-0.2, -0.15) is 12.7 Å². The fraction of sp³-hybridized carbons (Fsp3) is 0.375. The maximum Gasteiger partial charge on any atom is 0.407 e. The Balaban J connectivity index is 1.77. The molecule has 2 heterocycles. The molecule has 2 aliphatic rings. The number of carbonyl (C=O) groups excluding carboxylic acids is 2. The Hall–Kier alpha value is -3.44. The molecule has 2 aliphatic heterocycles. The molecular formula is C24H28N4O6S. The summed E-state index contributed by atoms with van der Waals surface area (Å²) < 4.78 is 27.7. The van der Waals surface area contributed by atoms with E-state index in [4.69, 9.17) is 0 Å². The molecule has 0 unspecified atom stereocenters. The number of hydrogen-bond donors (Lipinski definition) is 2. The van der Waals surface area contributed by atoms with Gasteiger partial charge in [-0.1, -0.05) is 60.7 Å². The number of rotatable bonds is 6. The van der Waals surface area contributed by atoms with Crippen molar-refractivity contribution < 1.29 is 27.9 Å². The number of hydrogen-bond acceptors (Lipinski definition) is 5. The Morgan fingerprint density at radius 1 is 0.971 bits per heavy atom. The number of amides is 3. The normalized spacial score (nSPS) is 21.9. The molecule has 3 amide bonds. The van der Waals surface area contributed by atoms with Crippen LogP contribution in [0.3, 0.4) is 0 Å². The highest BCUT2D eigenvalue weighted by Crippen LogP contribution is 2.37. The van der Waals surface area contributed by atoms with Crippen LogP contribution < -0.4 is 4.72 Å². The monoisotopic (exact) mass is 500 g/mol. The van der Waals surface area contributed by atoms with Crippen LogP contribution in [0.2, 0.25) is 0 Å². The van der Waals surface area contributed by atoms with Crippen molar-refractivity contribution in [2.45, 2.75) is 36.9 Å². The molecule has 0 spiro atoms. The minimum absolute atomic E-state index is 0.00208. The van der Waals surface area contributed by atoms with E-state index >= 15 is 0 Å². The molecule has 186 valence electrons. The van der Waals surface area contributed by atoms with Crippen LogP contribution >= 0.6 is 0 Å². The van der Waals surface area contributed by atoms with Gasteiger partial charge in [0, 0.05) is 20.6 Å². The number of fused-ring (bicyclic) bond motifs is 2. The molecular weight excluding hydrogens is 472 g/mol. The standard InChI is InChI=1S/C24H28N4O6S/c1-26(2)35(33,34)25-22(29)21-19-14-13-18(28(19)24(31)32)15-27(21)23(30)20(16-9-5-3-6-10-16)17-11-7-4-8-12-17/h3-12,18-21H,13-15H2,1-2H3,(H,25,29)(H,31,32)/t18-,19+,21-/m0/s1. The van der Waals surface area contributed by atoms with Crippen LogP contribution in [-0.4, -0.2) is 84.3 Å². The Bertz CT molecular complexity index is 1170. The zero-order chi connectivity index (χ0) is 25.3. The second-order valence-electron chi connectivity index (χ2n) is 8.93. The van der Waals surface area contributed by atoms with E-state index in [0.717, 1.165) is 15.4 Å². The largest absolute Gasteiger partial charge is 0.465 e. The molecule has 2 N–H and O–H groups in total. The zero-order valence-electron chi connectivity index (χ0n) is 19.4. The predicted molar refractivity (Wildman–Crippen MR) is 128 cm³/mol. The summed E-state index contributed by atoms with van der Waals surface area (Å²) in [6, 6.07) is 15.6. The summed E-state index contributed by atoms with van der Waals surface area (Å²) in [6.45, 7) is -0.00208. The molecule has 0 radical (unpaired) electrons. The van der Waals surface area contributed by atoms with Gasteiger partial charge in [-0.05, 0) is 24.0 Å². The Morgan fingerprint density at radius 3 is 2.00 bits per heavy atom. The third kappa shape index (κ3) is 4.73. The summed E-state index contributed by atoms with van der Waals surface area (Å²) in [5.41, 5.74) is 1.44. The van der Waals surface area contributed by atoms with Gasteiger partial charge in [0.1, 0.15) is 6.04 Å². The van der Waals surface area contributed by atoms with Crippen LogP contribution in [0.1, 0.15) is 29.9 Å². The number of nitrogens with zero attached hydrogens (tertiary/aromatic N) is 3. The van der Waals surface area contributed by atoms with Gasteiger partial charge in [0.25, 0.3) is 5.91 Å². The Morgan fingerprint density at radius 2 is 1.51 bits per heavy atom. The van der Waals surface area contributed by atoms with Crippen LogP contribution in [0.4, 0.5) is 4.79 Å². The highest BCUT2D eigenvalue weighted by atomic mass is 32.2. The first-order chi connectivity index (χ1) is 16.6. The average molecular weight is 501 g/mol. The molecule has 2 saturated heterocycles. The van der Waals surface area contributed by atoms with E-state index in [2.05, 4.69) is 0 Å². The van der Waals surface area contributed by atoms with Gasteiger partial charge in [-0.15, -0.1) is 0 Å². The quantitative estimate of drug-likeness (QED) is 0.618. The first kappa shape index (κ1) is 24.7. The molecule has 2 bridgehead atoms. The summed E-state index contributed by atoms with van der Waals surface area (Å²) >= 11 is 0. The summed E-state index contributed by atoms with van der Waals surface area (Å²) in [6.07, 6.45) is -0.366. The van der Waals surface area contributed by atoms with Gasteiger partial charge >= 0.3 is 16.3 Å². The number of nitrogens with one attached hydrogen (secondary N) is 1. The Labute approximate surface area is 204 Å². The van der Waals surface area contributed by atoms with E-state index in [1.807, 2.05) is 65.4 Å². The highest BCUT2D eigenvalue weighted by Gasteiger charge is 2.54. The lowest BCUT2D eigenvalue weighted by molar-refractivity contribution is -0.146. The van der Waals surface area contributed by atoms with Crippen molar-refractivity contribution in [3.63, 3.8) is 0 Å². The molecule has 10 nitrogen and oxygen atoms in total. The van der Waals surface area contributed by atoms with Crippen molar-refractivity contribution >= 4 is 28.1 Å². The van der Waals surface area contributed by atoms with Crippen molar-refractivity contribution in [2.75, 3.05) is 20.6 Å². The van der Waals surface area contributed by atoms with E-state index < -0.39 is 46.3 Å². The van der Waals surface area contributed by atoms with Gasteiger partial charge in [0.15, 0.2) is 0 Å². The predicted octanol–water partition coefficient (Wildman–Crippen LogP) is 1.46. The van der Waals surface area contributed by atoms with Gasteiger partial charge in [0.05, 0.1) is 18.0 Å². The number of carbonyl (C=O) groups is 3. The smallest absolute Gasteiger partial charge is 0.407 e. The third-order valence-corrected chi connectivity index (χ3v) is 8.07. The summed E-state index contributed by atoms with van der Waals surface area (Å²) in [4.78, 5) is 42.0. The van der Waals surface area contributed by atoms with Crippen LogP contribution in [-0.2, 0) is 19.8 Å². The number of likely N-dealkylation sites (tertiary alicyclic amines) is 1. The van der Waals surface area contributed by atoms with Gasteiger partial charge in [-0.3, -0.25) is 14.5 Å². The Kier molecular flexibility index (Phi) is 6.82. The zero-order valence-corrected chi connectivity index (χ0v) is 20.3. The molecule has 2 aromatic rings. The van der Waals surface area contributed by atoms with Crippen molar-refractivity contribution in [3.8, 4) is 0 Å². The molecule has 3 atom stereocenters. The molecule has 35 heavy (non-hydrogen) atoms. The van der Waals surface area contributed by atoms with E-state index in [0.29, 0.717) is 12.8 Å². The van der Waals surface area contributed by atoms with Crippen LogP contribution in [0, 0.1) is 0 Å². The van der Waals surface area contributed by atoms with Crippen molar-refractivity contribution in [2.24, 2.45) is 0 Å². The topological polar surface area (TPSA) is 127 Å². The van der Waals surface area contributed by atoms with Crippen molar-refractivity contribution in [1.29, 1.82) is 0 Å². The first-order valence-corrected chi connectivity index (χ1v) is 12.7. The lowest BCUT2D eigenvalue weighted by atomic mass is 9.88. The van der Waals surface area contributed by atoms with Crippen LogP contribution in [0.25, 0.3) is 0 Å². The molecule has 0 saturated carbocycles. The number of piperazine rings is 1. The van der Waals surface area contributed by atoms with E-state index in [-0.39, 0.29) is 12.5 Å². The second kappa shape index (κ2) is 9.67. The fourth-order valence-corrected chi connectivity index (χ4v) is 5.56. The highest BCUT2D eigenvalue weighted by molar-refractivity contribution is 7.87. The third-order valence-electron chi connectivity index (χ3n) is 6.65. The first-order valence-electron chi connectivity index (χ1n) is 11.3. The fourth-order valence-electron chi connectivity index (χ4n) is 5.00. The lowest BCUT2D eigenvalue weighted by Gasteiger charge is -2.45. The molecule has 0 aromatic heterocycles. The molecule has 4 rings (SSSR count). The summed E-state index contributed by atoms with van der Waals surface area (Å²) in [5.74, 6) is -2.05. The number of carboxylic acid groups (broad SMARTS) is 1. The molecule has 2 aromatic carbocycles. The van der Waals surface area contributed by atoms with E-state index in [9.17, 15) is 27.9 Å². The lowest BCUT2D eigenvalue weighted by Crippen LogP contribution is -2.67. The maximum atomic E-state index is 14.1. The maximum absolute atomic E-state index is 14.1. The van der Waals surface area contributed by atoms with Gasteiger partial charge < -0.3 is 10.0 Å². The van der Waals surface area contributed by atoms with E-state index in [1.165, 1.54) is 23.9 Å². The van der Waals surface area contributed by atoms with Crippen LogP contribution in [0.5, 0.6) is 0 Å². The minimum Gasteiger partial charge on any atom is -0.465 e. The van der Waals surface area contributed by atoms with Gasteiger partial charge in [0.2, 0.25) is 5.91 Å². The minimum atomic E-state index is -4.15. The average Bonchev–Trinajstić information content (AvgIpc) is 3.13. The molecule has 0 aliphatic carbocycles. The second-order valence-corrected chi connectivity index (χ2v) is 10.8. The summed E-state index contributed by atoms with van der Waals surface area (Å²) in [5, 5.41) is 9.79. The van der Waals surface area contributed by atoms with Gasteiger partial charge in [-0.25, -0.2) is 9.52 Å². The summed E-state index contributed by atoms with van der Waals surface area (Å²) in [7, 11) is -1.60. The molecule has 11 heteroatoms. The van der Waals surface area contributed by atoms with Crippen molar-refractivity contribution in [1.82, 2.24) is 18.8 Å². The number of benzene rings is 2.